The number of rotatable bonds is 4. The number of benzene rings is 1. The molecule has 0 spiro atoms. The Balaban J connectivity index is 1.52. The quantitative estimate of drug-likeness (QED) is 0.723. The first-order valence-electron chi connectivity index (χ1n) is 11.7. The first-order valence-corrected chi connectivity index (χ1v) is 11.7. The Morgan fingerprint density at radius 1 is 1.09 bits per heavy atom. The van der Waals surface area contributed by atoms with Crippen molar-refractivity contribution in [1.29, 1.82) is 5.26 Å². The second-order valence-corrected chi connectivity index (χ2v) is 9.26. The van der Waals surface area contributed by atoms with Gasteiger partial charge in [0.25, 0.3) is 0 Å². The molecule has 3 heterocycles. The van der Waals surface area contributed by atoms with Crippen LogP contribution >= 0.6 is 0 Å². The molecule has 0 bridgehead atoms. The molecule has 1 unspecified atom stereocenters. The number of fused-ring (bicyclic) bond motifs is 1. The van der Waals surface area contributed by atoms with Gasteiger partial charge in [0, 0.05) is 51.8 Å². The third-order valence-corrected chi connectivity index (χ3v) is 6.45. The van der Waals surface area contributed by atoms with Crippen LogP contribution in [0.1, 0.15) is 43.4 Å². The zero-order valence-electron chi connectivity index (χ0n) is 19.4. The molecule has 0 aliphatic carbocycles. The predicted molar refractivity (Wildman–Crippen MR) is 126 cm³/mol. The van der Waals surface area contributed by atoms with Crippen molar-refractivity contribution in [2.45, 2.75) is 45.7 Å². The smallest absolute Gasteiger partial charge is 0.245 e. The van der Waals surface area contributed by atoms with Crippen LogP contribution in [0.3, 0.4) is 0 Å². The lowest BCUT2D eigenvalue weighted by Gasteiger charge is -2.39. The number of nitriles is 1. The van der Waals surface area contributed by atoms with E-state index in [4.69, 9.17) is 0 Å². The van der Waals surface area contributed by atoms with Crippen molar-refractivity contribution in [2.75, 3.05) is 31.1 Å². The van der Waals surface area contributed by atoms with Gasteiger partial charge in [-0.15, -0.1) is 0 Å². The summed E-state index contributed by atoms with van der Waals surface area (Å²) in [4.78, 5) is 37.0. The van der Waals surface area contributed by atoms with Crippen LogP contribution in [0.15, 0.2) is 42.6 Å². The van der Waals surface area contributed by atoms with Gasteiger partial charge < -0.3 is 14.7 Å². The van der Waals surface area contributed by atoms with Gasteiger partial charge in [-0.25, -0.2) is 4.98 Å². The highest BCUT2D eigenvalue weighted by atomic mass is 16.2. The Morgan fingerprint density at radius 2 is 1.88 bits per heavy atom. The normalized spacial score (nSPS) is 18.5. The SMILES string of the molecule is CC(C)CC(=O)N1Cc2ccccc2CC1C(=O)N1CCCN(c2ncccc2C#N)CC1. The minimum atomic E-state index is -0.470. The van der Waals surface area contributed by atoms with Crippen molar-refractivity contribution in [3.8, 4) is 6.07 Å². The Bertz CT molecular complexity index is 1060. The molecule has 2 aliphatic rings. The van der Waals surface area contributed by atoms with Gasteiger partial charge in [-0.05, 0) is 35.6 Å². The highest BCUT2D eigenvalue weighted by Crippen LogP contribution is 2.27. The fraction of sp³-hybridized carbons (Fsp3) is 0.462. The molecule has 1 atom stereocenters. The number of hydrogen-bond acceptors (Lipinski definition) is 5. The molecule has 0 radical (unpaired) electrons. The lowest BCUT2D eigenvalue weighted by molar-refractivity contribution is -0.147. The minimum Gasteiger partial charge on any atom is -0.354 e. The van der Waals surface area contributed by atoms with Gasteiger partial charge in [0.15, 0.2) is 0 Å². The van der Waals surface area contributed by atoms with E-state index < -0.39 is 6.04 Å². The third-order valence-electron chi connectivity index (χ3n) is 6.45. The second kappa shape index (κ2) is 10.0. The highest BCUT2D eigenvalue weighted by molar-refractivity contribution is 5.88. The van der Waals surface area contributed by atoms with Crippen LogP contribution < -0.4 is 4.90 Å². The number of anilines is 1. The van der Waals surface area contributed by atoms with Gasteiger partial charge in [0.2, 0.25) is 11.8 Å². The van der Waals surface area contributed by atoms with Crippen molar-refractivity contribution in [3.63, 3.8) is 0 Å². The zero-order valence-corrected chi connectivity index (χ0v) is 19.4. The average Bonchev–Trinajstić information content (AvgIpc) is 3.08. The maximum atomic E-state index is 13.7. The summed E-state index contributed by atoms with van der Waals surface area (Å²) < 4.78 is 0. The van der Waals surface area contributed by atoms with Gasteiger partial charge in [-0.3, -0.25) is 9.59 Å². The largest absolute Gasteiger partial charge is 0.354 e. The standard InChI is InChI=1S/C26H31N5O2/c1-19(2)15-24(32)31-18-22-8-4-3-7-20(22)16-23(31)26(33)30-12-6-11-29(13-14-30)25-21(17-27)9-5-10-28-25/h3-5,7-10,19,23H,6,11-16,18H2,1-2H3. The molecule has 0 N–H and O–H groups in total. The molecule has 4 rings (SSSR count). The van der Waals surface area contributed by atoms with E-state index in [1.54, 1.807) is 23.2 Å². The fourth-order valence-electron chi connectivity index (χ4n) is 4.77. The second-order valence-electron chi connectivity index (χ2n) is 9.26. The monoisotopic (exact) mass is 445 g/mol. The molecular formula is C26H31N5O2. The van der Waals surface area contributed by atoms with Gasteiger partial charge in [0.1, 0.15) is 17.9 Å². The van der Waals surface area contributed by atoms with E-state index >= 15 is 0 Å². The summed E-state index contributed by atoms with van der Waals surface area (Å²) >= 11 is 0. The Hall–Kier alpha value is -3.40. The fourth-order valence-corrected chi connectivity index (χ4v) is 4.77. The van der Waals surface area contributed by atoms with Crippen LogP contribution in [-0.2, 0) is 22.6 Å². The van der Waals surface area contributed by atoms with E-state index in [1.807, 2.05) is 30.9 Å². The first-order chi connectivity index (χ1) is 16.0. The van der Waals surface area contributed by atoms with E-state index in [1.165, 1.54) is 0 Å². The molecule has 1 aromatic heterocycles. The molecule has 2 aliphatic heterocycles. The van der Waals surface area contributed by atoms with E-state index in [0.717, 1.165) is 24.1 Å². The average molecular weight is 446 g/mol. The molecular weight excluding hydrogens is 414 g/mol. The van der Waals surface area contributed by atoms with Crippen LogP contribution in [-0.4, -0.2) is 58.8 Å². The molecule has 1 saturated heterocycles. The molecule has 7 heteroatoms. The van der Waals surface area contributed by atoms with Crippen LogP contribution in [0.4, 0.5) is 5.82 Å². The van der Waals surface area contributed by atoms with Gasteiger partial charge >= 0.3 is 0 Å². The summed E-state index contributed by atoms with van der Waals surface area (Å²) in [5, 5.41) is 9.43. The molecule has 2 amide bonds. The highest BCUT2D eigenvalue weighted by Gasteiger charge is 2.37. The van der Waals surface area contributed by atoms with Crippen molar-refractivity contribution in [3.05, 3.63) is 59.3 Å². The number of carbonyl (C=O) groups is 2. The summed E-state index contributed by atoms with van der Waals surface area (Å²) in [6, 6.07) is 13.4. The summed E-state index contributed by atoms with van der Waals surface area (Å²) in [6.07, 6.45) is 3.48. The topological polar surface area (TPSA) is 80.5 Å². The Labute approximate surface area is 195 Å². The molecule has 2 aromatic rings. The van der Waals surface area contributed by atoms with Gasteiger partial charge in [-0.1, -0.05) is 38.1 Å². The van der Waals surface area contributed by atoms with Crippen LogP contribution in [0.25, 0.3) is 0 Å². The minimum absolute atomic E-state index is 0.0185. The van der Waals surface area contributed by atoms with E-state index in [0.29, 0.717) is 50.4 Å². The summed E-state index contributed by atoms with van der Waals surface area (Å²) in [7, 11) is 0. The van der Waals surface area contributed by atoms with Crippen molar-refractivity contribution < 1.29 is 9.59 Å². The van der Waals surface area contributed by atoms with Crippen LogP contribution in [0.2, 0.25) is 0 Å². The van der Waals surface area contributed by atoms with Crippen molar-refractivity contribution in [2.24, 2.45) is 5.92 Å². The molecule has 1 aromatic carbocycles. The number of nitrogens with zero attached hydrogens (tertiary/aromatic N) is 5. The lowest BCUT2D eigenvalue weighted by Crippen LogP contribution is -2.54. The lowest BCUT2D eigenvalue weighted by atomic mass is 9.92. The molecule has 1 fully saturated rings. The van der Waals surface area contributed by atoms with Gasteiger partial charge in [0.05, 0.1) is 5.56 Å². The van der Waals surface area contributed by atoms with Crippen molar-refractivity contribution >= 4 is 17.6 Å². The number of carbonyl (C=O) groups excluding carboxylic acids is 2. The summed E-state index contributed by atoms with van der Waals surface area (Å²) in [5.74, 6) is 0.978. The number of amides is 2. The van der Waals surface area contributed by atoms with Crippen molar-refractivity contribution in [1.82, 2.24) is 14.8 Å². The van der Waals surface area contributed by atoms with E-state index in [9.17, 15) is 14.9 Å². The van der Waals surface area contributed by atoms with Gasteiger partial charge in [-0.2, -0.15) is 5.26 Å². The molecule has 33 heavy (non-hydrogen) atoms. The van der Waals surface area contributed by atoms with E-state index in [2.05, 4.69) is 28.1 Å². The van der Waals surface area contributed by atoms with Crippen LogP contribution in [0.5, 0.6) is 0 Å². The summed E-state index contributed by atoms with van der Waals surface area (Å²) in [6.45, 7) is 7.07. The molecule has 0 saturated carbocycles. The molecule has 7 nitrogen and oxygen atoms in total. The maximum absolute atomic E-state index is 13.7. The maximum Gasteiger partial charge on any atom is 0.245 e. The number of pyridine rings is 1. The third kappa shape index (κ3) is 5.00. The Morgan fingerprint density at radius 3 is 2.64 bits per heavy atom. The van der Waals surface area contributed by atoms with E-state index in [-0.39, 0.29) is 17.7 Å². The summed E-state index contributed by atoms with van der Waals surface area (Å²) in [5.41, 5.74) is 2.82. The number of hydrogen-bond donors (Lipinski definition) is 0. The first kappa shape index (κ1) is 22.8. The molecule has 172 valence electrons. The number of aromatic nitrogens is 1. The predicted octanol–water partition coefficient (Wildman–Crippen LogP) is 2.99. The zero-order chi connectivity index (χ0) is 23.4. The Kier molecular flexibility index (Phi) is 6.93. The van der Waals surface area contributed by atoms with Crippen LogP contribution in [0, 0.1) is 17.2 Å².